The molecule has 0 aliphatic carbocycles. The van der Waals surface area contributed by atoms with Crippen molar-refractivity contribution in [2.24, 2.45) is 0 Å². The largest absolute Gasteiger partial charge is 0.308 e. The lowest BCUT2D eigenvalue weighted by Gasteiger charge is -2.14. The number of aromatic nitrogens is 1. The van der Waals surface area contributed by atoms with Gasteiger partial charge in [0, 0.05) is 11.3 Å². The highest BCUT2D eigenvalue weighted by Crippen LogP contribution is 2.26. The van der Waals surface area contributed by atoms with Gasteiger partial charge >= 0.3 is 0 Å². The van der Waals surface area contributed by atoms with Gasteiger partial charge in [-0.1, -0.05) is 42.5 Å². The first kappa shape index (κ1) is 15.7. The zero-order valence-corrected chi connectivity index (χ0v) is 14.2. The molecular formula is C19H15BrFNO. The number of benzene rings is 2. The molecule has 116 valence electrons. The fourth-order valence-electron chi connectivity index (χ4n) is 2.59. The first-order valence-corrected chi connectivity index (χ1v) is 8.05. The first-order valence-electron chi connectivity index (χ1n) is 7.26. The van der Waals surface area contributed by atoms with Crippen LogP contribution in [0.4, 0.5) is 4.39 Å². The van der Waals surface area contributed by atoms with Crippen LogP contribution in [0, 0.1) is 12.7 Å². The quantitative estimate of drug-likeness (QED) is 0.649. The van der Waals surface area contributed by atoms with Gasteiger partial charge in [-0.25, -0.2) is 4.39 Å². The van der Waals surface area contributed by atoms with E-state index >= 15 is 0 Å². The molecule has 0 aliphatic rings. The van der Waals surface area contributed by atoms with Crippen LogP contribution in [-0.2, 0) is 6.54 Å². The van der Waals surface area contributed by atoms with Crippen molar-refractivity contribution in [1.82, 2.24) is 4.57 Å². The minimum atomic E-state index is -0.298. The van der Waals surface area contributed by atoms with E-state index in [2.05, 4.69) is 15.9 Å². The Bertz CT molecular complexity index is 903. The Morgan fingerprint density at radius 2 is 1.78 bits per heavy atom. The molecule has 3 rings (SSSR count). The smallest absolute Gasteiger partial charge is 0.265 e. The molecule has 0 spiro atoms. The third-order valence-electron chi connectivity index (χ3n) is 3.76. The normalized spacial score (nSPS) is 10.7. The molecule has 0 saturated carbocycles. The average molecular weight is 372 g/mol. The average Bonchev–Trinajstić information content (AvgIpc) is 2.56. The number of halogens is 2. The maximum Gasteiger partial charge on any atom is 0.265 e. The summed E-state index contributed by atoms with van der Waals surface area (Å²) in [6.45, 7) is 2.23. The molecule has 0 bridgehead atoms. The lowest BCUT2D eigenvalue weighted by molar-refractivity contribution is 0.622. The first-order chi connectivity index (χ1) is 11.1. The zero-order valence-electron chi connectivity index (χ0n) is 12.6. The van der Waals surface area contributed by atoms with E-state index in [0.717, 1.165) is 22.4 Å². The predicted octanol–water partition coefficient (Wildman–Crippen LogP) is 4.77. The van der Waals surface area contributed by atoms with Gasteiger partial charge in [-0.05, 0) is 52.2 Å². The molecule has 0 saturated heterocycles. The molecule has 0 N–H and O–H groups in total. The van der Waals surface area contributed by atoms with Crippen molar-refractivity contribution < 1.29 is 4.39 Å². The van der Waals surface area contributed by atoms with Crippen LogP contribution in [0.5, 0.6) is 0 Å². The van der Waals surface area contributed by atoms with Crippen LogP contribution in [0.3, 0.4) is 0 Å². The highest BCUT2D eigenvalue weighted by atomic mass is 79.9. The van der Waals surface area contributed by atoms with E-state index in [1.54, 1.807) is 10.6 Å². The Labute approximate surface area is 142 Å². The van der Waals surface area contributed by atoms with Crippen LogP contribution in [0.15, 0.2) is 69.9 Å². The lowest BCUT2D eigenvalue weighted by atomic mass is 10.1. The highest BCUT2D eigenvalue weighted by Gasteiger charge is 2.12. The van der Waals surface area contributed by atoms with Gasteiger partial charge in [0.25, 0.3) is 5.56 Å². The lowest BCUT2D eigenvalue weighted by Crippen LogP contribution is -2.24. The fourth-order valence-corrected chi connectivity index (χ4v) is 3.14. The summed E-state index contributed by atoms with van der Waals surface area (Å²) < 4.78 is 15.5. The Hall–Kier alpha value is -2.20. The molecule has 0 aliphatic heterocycles. The van der Waals surface area contributed by atoms with Crippen molar-refractivity contribution in [3.8, 4) is 11.1 Å². The van der Waals surface area contributed by atoms with Gasteiger partial charge in [-0.3, -0.25) is 4.79 Å². The maximum absolute atomic E-state index is 13.3. The second kappa shape index (κ2) is 6.50. The monoisotopic (exact) mass is 371 g/mol. The highest BCUT2D eigenvalue weighted by molar-refractivity contribution is 9.10. The van der Waals surface area contributed by atoms with Crippen LogP contribution in [0.1, 0.15) is 11.3 Å². The molecule has 4 heteroatoms. The molecule has 0 radical (unpaired) electrons. The molecule has 0 fully saturated rings. The van der Waals surface area contributed by atoms with Crippen LogP contribution >= 0.6 is 15.9 Å². The molecule has 1 heterocycles. The molecule has 2 aromatic carbocycles. The third-order valence-corrected chi connectivity index (χ3v) is 4.53. The molecule has 3 aromatic rings. The molecule has 1 aromatic heterocycles. The Morgan fingerprint density at radius 3 is 2.48 bits per heavy atom. The molecule has 0 atom stereocenters. The van der Waals surface area contributed by atoms with E-state index < -0.39 is 0 Å². The van der Waals surface area contributed by atoms with E-state index in [1.165, 1.54) is 12.1 Å². The van der Waals surface area contributed by atoms with Crippen molar-refractivity contribution in [3.05, 3.63) is 92.6 Å². The minimum Gasteiger partial charge on any atom is -0.308 e. The van der Waals surface area contributed by atoms with Gasteiger partial charge in [-0.15, -0.1) is 0 Å². The summed E-state index contributed by atoms with van der Waals surface area (Å²) >= 11 is 3.42. The standard InChI is InChI=1S/C19H15BrFNO/c1-13-10-17(15-7-3-2-4-8-15)18(20)19(23)22(13)12-14-6-5-9-16(21)11-14/h2-11H,12H2,1H3. The third kappa shape index (κ3) is 3.27. The van der Waals surface area contributed by atoms with E-state index in [1.807, 2.05) is 49.4 Å². The molecule has 0 unspecified atom stereocenters. The van der Waals surface area contributed by atoms with Gasteiger partial charge in [0.15, 0.2) is 0 Å². The van der Waals surface area contributed by atoms with Crippen molar-refractivity contribution in [2.75, 3.05) is 0 Å². The van der Waals surface area contributed by atoms with Crippen molar-refractivity contribution in [2.45, 2.75) is 13.5 Å². The summed E-state index contributed by atoms with van der Waals surface area (Å²) in [5.74, 6) is -0.298. The Balaban J connectivity index is 2.07. The molecule has 0 amide bonds. The van der Waals surface area contributed by atoms with Crippen LogP contribution in [0.25, 0.3) is 11.1 Å². The van der Waals surface area contributed by atoms with E-state index in [4.69, 9.17) is 0 Å². The maximum atomic E-state index is 13.3. The summed E-state index contributed by atoms with van der Waals surface area (Å²) in [6, 6.07) is 18.0. The van der Waals surface area contributed by atoms with Crippen molar-refractivity contribution >= 4 is 15.9 Å². The number of hydrogen-bond acceptors (Lipinski definition) is 1. The summed E-state index contributed by atoms with van der Waals surface area (Å²) in [7, 11) is 0. The van der Waals surface area contributed by atoms with Crippen molar-refractivity contribution in [3.63, 3.8) is 0 Å². The second-order valence-electron chi connectivity index (χ2n) is 5.40. The van der Waals surface area contributed by atoms with Gasteiger partial charge in [0.2, 0.25) is 0 Å². The van der Waals surface area contributed by atoms with E-state index in [-0.39, 0.29) is 11.4 Å². The topological polar surface area (TPSA) is 22.0 Å². The van der Waals surface area contributed by atoms with Gasteiger partial charge in [0.1, 0.15) is 5.82 Å². The molecule has 23 heavy (non-hydrogen) atoms. The predicted molar refractivity (Wildman–Crippen MR) is 94.1 cm³/mol. The fraction of sp³-hybridized carbons (Fsp3) is 0.105. The summed E-state index contributed by atoms with van der Waals surface area (Å²) in [4.78, 5) is 12.7. The summed E-state index contributed by atoms with van der Waals surface area (Å²) in [5.41, 5.74) is 3.32. The minimum absolute atomic E-state index is 0.117. The van der Waals surface area contributed by atoms with E-state index in [9.17, 15) is 9.18 Å². The Morgan fingerprint density at radius 1 is 1.04 bits per heavy atom. The van der Waals surface area contributed by atoms with E-state index in [0.29, 0.717) is 11.0 Å². The molecular weight excluding hydrogens is 357 g/mol. The van der Waals surface area contributed by atoms with Gasteiger partial charge < -0.3 is 4.57 Å². The number of aryl methyl sites for hydroxylation is 1. The second-order valence-corrected chi connectivity index (χ2v) is 6.19. The number of hydrogen-bond donors (Lipinski definition) is 0. The zero-order chi connectivity index (χ0) is 16.4. The number of rotatable bonds is 3. The van der Waals surface area contributed by atoms with Crippen LogP contribution in [0.2, 0.25) is 0 Å². The Kier molecular flexibility index (Phi) is 4.44. The SMILES string of the molecule is Cc1cc(-c2ccccc2)c(Br)c(=O)n1Cc1cccc(F)c1. The van der Waals surface area contributed by atoms with Crippen LogP contribution in [-0.4, -0.2) is 4.57 Å². The van der Waals surface area contributed by atoms with Gasteiger partial charge in [0.05, 0.1) is 11.0 Å². The summed E-state index contributed by atoms with van der Waals surface area (Å²) in [6.07, 6.45) is 0. The molecule has 2 nitrogen and oxygen atoms in total. The number of nitrogens with zero attached hydrogens (tertiary/aromatic N) is 1. The van der Waals surface area contributed by atoms with Crippen molar-refractivity contribution in [1.29, 1.82) is 0 Å². The van der Waals surface area contributed by atoms with Crippen LogP contribution < -0.4 is 5.56 Å². The number of pyridine rings is 1. The summed E-state index contributed by atoms with van der Waals surface area (Å²) in [5, 5.41) is 0. The van der Waals surface area contributed by atoms with Gasteiger partial charge in [-0.2, -0.15) is 0 Å².